The van der Waals surface area contributed by atoms with Gasteiger partial charge < -0.3 is 0 Å². The zero-order chi connectivity index (χ0) is 17.0. The minimum absolute atomic E-state index is 0.161. The highest BCUT2D eigenvalue weighted by atomic mass is 35.5. The molecule has 0 saturated heterocycles. The Morgan fingerprint density at radius 3 is 2.52 bits per heavy atom. The van der Waals surface area contributed by atoms with Crippen LogP contribution in [-0.2, 0) is 6.18 Å². The second-order valence-electron chi connectivity index (χ2n) is 4.38. The van der Waals surface area contributed by atoms with Gasteiger partial charge in [-0.15, -0.1) is 0 Å². The summed E-state index contributed by atoms with van der Waals surface area (Å²) in [4.78, 5) is 10.00. The molecule has 23 heavy (non-hydrogen) atoms. The summed E-state index contributed by atoms with van der Waals surface area (Å²) in [6, 6.07) is 8.86. The molecule has 0 saturated carbocycles. The van der Waals surface area contributed by atoms with E-state index in [0.29, 0.717) is 16.7 Å². The van der Waals surface area contributed by atoms with Crippen LogP contribution >= 0.6 is 11.6 Å². The van der Waals surface area contributed by atoms with Gasteiger partial charge in [-0.25, -0.2) is 0 Å². The first-order chi connectivity index (χ1) is 10.8. The van der Waals surface area contributed by atoms with Crippen LogP contribution in [0, 0.1) is 10.1 Å². The van der Waals surface area contributed by atoms with Crippen molar-refractivity contribution in [3.8, 4) is 0 Å². The van der Waals surface area contributed by atoms with Crippen molar-refractivity contribution in [3.05, 3.63) is 68.7 Å². The highest BCUT2D eigenvalue weighted by Gasteiger charge is 2.33. The molecule has 0 aliphatic heterocycles. The van der Waals surface area contributed by atoms with Crippen molar-refractivity contribution in [1.82, 2.24) is 0 Å². The van der Waals surface area contributed by atoms with Crippen LogP contribution in [0.1, 0.15) is 11.1 Å². The fraction of sp³-hybridized carbons (Fsp3) is 0.0714. The number of hydrogen-bond acceptors (Lipinski definition) is 4. The SMILES string of the molecule is O=[N+]([O-])c1cc(C(F)(F)F)ccc1NN=Cc1ccccc1Cl. The number of hydrogen-bond donors (Lipinski definition) is 1. The first-order valence-corrected chi connectivity index (χ1v) is 6.56. The number of rotatable bonds is 4. The Morgan fingerprint density at radius 2 is 1.91 bits per heavy atom. The Balaban J connectivity index is 2.26. The molecule has 1 N–H and O–H groups in total. The molecule has 0 atom stereocenters. The molecule has 0 unspecified atom stereocenters. The number of halogens is 4. The van der Waals surface area contributed by atoms with Crippen molar-refractivity contribution in [1.29, 1.82) is 0 Å². The molecule has 0 spiro atoms. The standard InChI is InChI=1S/C14H9ClF3N3O2/c15-11-4-2-1-3-9(11)8-19-20-12-6-5-10(14(16,17)18)7-13(12)21(22)23/h1-8,20H. The van der Waals surface area contributed by atoms with Crippen molar-refractivity contribution in [2.24, 2.45) is 5.10 Å². The maximum atomic E-state index is 12.6. The first-order valence-electron chi connectivity index (χ1n) is 6.18. The molecule has 0 fully saturated rings. The zero-order valence-corrected chi connectivity index (χ0v) is 12.1. The maximum Gasteiger partial charge on any atom is 0.416 e. The van der Waals surface area contributed by atoms with Gasteiger partial charge >= 0.3 is 6.18 Å². The van der Waals surface area contributed by atoms with Crippen molar-refractivity contribution < 1.29 is 18.1 Å². The lowest BCUT2D eigenvalue weighted by molar-refractivity contribution is -0.384. The summed E-state index contributed by atoms with van der Waals surface area (Å²) in [7, 11) is 0. The molecule has 0 bridgehead atoms. The molecule has 0 amide bonds. The van der Waals surface area contributed by atoms with Gasteiger partial charge in [0.2, 0.25) is 0 Å². The average Bonchev–Trinajstić information content (AvgIpc) is 2.48. The number of nitro groups is 1. The van der Waals surface area contributed by atoms with E-state index in [1.54, 1.807) is 24.3 Å². The fourth-order valence-corrected chi connectivity index (χ4v) is 1.89. The summed E-state index contributed by atoms with van der Waals surface area (Å²) < 4.78 is 37.8. The third-order valence-electron chi connectivity index (χ3n) is 2.82. The largest absolute Gasteiger partial charge is 0.416 e. The molecule has 5 nitrogen and oxygen atoms in total. The molecular weight excluding hydrogens is 335 g/mol. The molecule has 2 aromatic rings. The van der Waals surface area contributed by atoms with Crippen LogP contribution in [0.4, 0.5) is 24.5 Å². The van der Waals surface area contributed by atoms with Gasteiger partial charge in [0.05, 0.1) is 16.7 Å². The molecule has 0 aliphatic rings. The van der Waals surface area contributed by atoms with Gasteiger partial charge in [-0.3, -0.25) is 15.5 Å². The quantitative estimate of drug-likeness (QED) is 0.496. The van der Waals surface area contributed by atoms with Gasteiger partial charge in [-0.05, 0) is 18.2 Å². The Bertz CT molecular complexity index is 763. The lowest BCUT2D eigenvalue weighted by Gasteiger charge is -2.08. The third-order valence-corrected chi connectivity index (χ3v) is 3.16. The highest BCUT2D eigenvalue weighted by molar-refractivity contribution is 6.33. The maximum absolute atomic E-state index is 12.6. The molecule has 0 radical (unpaired) electrons. The number of nitrogens with zero attached hydrogens (tertiary/aromatic N) is 2. The molecule has 2 rings (SSSR count). The van der Waals surface area contributed by atoms with Crippen LogP contribution in [0.5, 0.6) is 0 Å². The van der Waals surface area contributed by atoms with Crippen LogP contribution < -0.4 is 5.43 Å². The minimum atomic E-state index is -4.66. The smallest absolute Gasteiger partial charge is 0.272 e. The van der Waals surface area contributed by atoms with Crippen LogP contribution in [0.15, 0.2) is 47.6 Å². The number of alkyl halides is 3. The Kier molecular flexibility index (Phi) is 4.85. The Hall–Kier alpha value is -2.61. The van der Waals surface area contributed by atoms with E-state index in [2.05, 4.69) is 10.5 Å². The summed E-state index contributed by atoms with van der Waals surface area (Å²) in [5.41, 5.74) is 0.910. The van der Waals surface area contributed by atoms with E-state index in [1.807, 2.05) is 0 Å². The predicted molar refractivity (Wildman–Crippen MR) is 80.8 cm³/mol. The predicted octanol–water partition coefficient (Wildman–Crippen LogP) is 4.71. The monoisotopic (exact) mass is 343 g/mol. The van der Waals surface area contributed by atoms with Gasteiger partial charge in [0, 0.05) is 16.7 Å². The Morgan fingerprint density at radius 1 is 1.22 bits per heavy atom. The van der Waals surface area contributed by atoms with Crippen LogP contribution in [0.3, 0.4) is 0 Å². The first kappa shape index (κ1) is 16.8. The zero-order valence-electron chi connectivity index (χ0n) is 11.3. The van der Waals surface area contributed by atoms with Crippen molar-refractivity contribution >= 4 is 29.2 Å². The van der Waals surface area contributed by atoms with E-state index in [4.69, 9.17) is 11.6 Å². The summed E-state index contributed by atoms with van der Waals surface area (Å²) in [5.74, 6) is 0. The van der Waals surface area contributed by atoms with Gasteiger partial charge in [-0.1, -0.05) is 29.8 Å². The topological polar surface area (TPSA) is 67.5 Å². The molecule has 0 aromatic heterocycles. The van der Waals surface area contributed by atoms with Crippen molar-refractivity contribution in [3.63, 3.8) is 0 Å². The third kappa shape index (κ3) is 4.19. The second kappa shape index (κ2) is 6.66. The van der Waals surface area contributed by atoms with Gasteiger partial charge in [0.25, 0.3) is 5.69 Å². The number of anilines is 1. The Labute approximate surface area is 133 Å². The summed E-state index contributed by atoms with van der Waals surface area (Å²) in [6.07, 6.45) is -3.35. The van der Waals surface area contributed by atoms with Gasteiger partial charge in [0.1, 0.15) is 5.69 Å². The lowest BCUT2D eigenvalue weighted by atomic mass is 10.1. The van der Waals surface area contributed by atoms with Gasteiger partial charge in [0.15, 0.2) is 0 Å². The average molecular weight is 344 g/mol. The van der Waals surface area contributed by atoms with Crippen LogP contribution in [0.25, 0.3) is 0 Å². The summed E-state index contributed by atoms with van der Waals surface area (Å²) in [6.45, 7) is 0. The van der Waals surface area contributed by atoms with E-state index < -0.39 is 22.4 Å². The second-order valence-corrected chi connectivity index (χ2v) is 4.79. The molecule has 2 aromatic carbocycles. The molecule has 0 heterocycles. The van der Waals surface area contributed by atoms with Crippen LogP contribution in [-0.4, -0.2) is 11.1 Å². The number of nitrogens with one attached hydrogen (secondary N) is 1. The minimum Gasteiger partial charge on any atom is -0.272 e. The number of hydrazone groups is 1. The molecule has 9 heteroatoms. The normalized spacial score (nSPS) is 11.7. The highest BCUT2D eigenvalue weighted by Crippen LogP contribution is 2.34. The van der Waals surface area contributed by atoms with Crippen molar-refractivity contribution in [2.45, 2.75) is 6.18 Å². The summed E-state index contributed by atoms with van der Waals surface area (Å²) >= 11 is 5.91. The molecule has 0 aliphatic carbocycles. The number of nitro benzene ring substituents is 1. The summed E-state index contributed by atoms with van der Waals surface area (Å²) in [5, 5.41) is 15.1. The van der Waals surface area contributed by atoms with E-state index in [1.165, 1.54) is 6.21 Å². The van der Waals surface area contributed by atoms with Crippen LogP contribution in [0.2, 0.25) is 5.02 Å². The van der Waals surface area contributed by atoms with Gasteiger partial charge in [-0.2, -0.15) is 18.3 Å². The molecular formula is C14H9ClF3N3O2. The molecule has 120 valence electrons. The van der Waals surface area contributed by atoms with E-state index >= 15 is 0 Å². The van der Waals surface area contributed by atoms with E-state index in [0.717, 1.165) is 12.1 Å². The van der Waals surface area contributed by atoms with E-state index in [-0.39, 0.29) is 5.69 Å². The lowest BCUT2D eigenvalue weighted by Crippen LogP contribution is -2.06. The fourth-order valence-electron chi connectivity index (χ4n) is 1.70. The van der Waals surface area contributed by atoms with Crippen molar-refractivity contribution in [2.75, 3.05) is 5.43 Å². The number of benzene rings is 2. The van der Waals surface area contributed by atoms with E-state index in [9.17, 15) is 23.3 Å².